The van der Waals surface area contributed by atoms with Crippen LogP contribution in [0.25, 0.3) is 0 Å². The largest absolute Gasteiger partial charge is 0.412 e. The first-order chi connectivity index (χ1) is 15.1. The Morgan fingerprint density at radius 3 is 2.30 bits per heavy atom. The minimum atomic E-state index is 0. The number of piperidine rings is 1. The number of alkyl halides is 1. The third-order valence-electron chi connectivity index (χ3n) is 7.87. The summed E-state index contributed by atoms with van der Waals surface area (Å²) in [5.41, 5.74) is 1.81. The van der Waals surface area contributed by atoms with Gasteiger partial charge in [0.2, 0.25) is 0 Å². The van der Waals surface area contributed by atoms with Gasteiger partial charge in [-0.2, -0.15) is 0 Å². The van der Waals surface area contributed by atoms with E-state index in [9.17, 15) is 0 Å². The molecule has 0 radical (unpaired) electrons. The average molecular weight is 550 g/mol. The number of rotatable bonds is 9. The van der Waals surface area contributed by atoms with Crippen LogP contribution >= 0.6 is 11.6 Å². The molecule has 4 unspecified atom stereocenters. The van der Waals surface area contributed by atoms with Crippen LogP contribution in [0, 0.1) is 29.1 Å². The molecule has 1 saturated heterocycles. The van der Waals surface area contributed by atoms with Gasteiger partial charge in [0, 0.05) is 32.2 Å². The highest BCUT2D eigenvalue weighted by molar-refractivity contribution is 6.21. The molecule has 0 amide bonds. The third-order valence-corrected chi connectivity index (χ3v) is 8.24. The zero-order valence-corrected chi connectivity index (χ0v) is 24.2. The van der Waals surface area contributed by atoms with Crippen LogP contribution < -0.4 is 5.32 Å². The maximum absolute atomic E-state index is 6.31. The van der Waals surface area contributed by atoms with E-state index in [0.29, 0.717) is 29.2 Å². The topological polar surface area (TPSA) is 145 Å². The Morgan fingerprint density at radius 1 is 1.08 bits per heavy atom. The monoisotopic (exact) mass is 549 g/mol. The molecule has 3 aliphatic rings. The smallest absolute Gasteiger partial charge is 0.0516 e. The van der Waals surface area contributed by atoms with E-state index >= 15 is 0 Å². The number of hydrogen-bond donors (Lipinski definition) is 1. The van der Waals surface area contributed by atoms with Crippen molar-refractivity contribution >= 4 is 11.6 Å². The number of likely N-dealkylation sites (N-methyl/N-ethyl adjacent to an activating group) is 1. The van der Waals surface area contributed by atoms with Crippen molar-refractivity contribution in [3.8, 4) is 0 Å². The van der Waals surface area contributed by atoms with Gasteiger partial charge < -0.3 is 37.0 Å². The molecule has 0 spiro atoms. The minimum absolute atomic E-state index is 0. The van der Waals surface area contributed by atoms with Crippen molar-refractivity contribution in [1.29, 1.82) is 0 Å². The Hall–Kier alpha value is -0.770. The van der Waals surface area contributed by atoms with E-state index in [-0.39, 0.29) is 34.7 Å². The van der Waals surface area contributed by atoms with E-state index in [4.69, 9.17) is 11.6 Å². The van der Waals surface area contributed by atoms with E-state index in [1.807, 2.05) is 0 Å². The summed E-state index contributed by atoms with van der Waals surface area (Å²) >= 11 is 6.31. The molecule has 5 atom stereocenters. The molecule has 37 heavy (non-hydrogen) atoms. The van der Waals surface area contributed by atoms with Crippen LogP contribution in [-0.4, -0.2) is 89.9 Å². The molecule has 3 rings (SSSR count). The fraction of sp³-hybridized carbons (Fsp3) is 0.793. The van der Waals surface area contributed by atoms with Crippen molar-refractivity contribution < 1.29 is 21.9 Å². The van der Waals surface area contributed by atoms with Crippen LogP contribution in [-0.2, 0) is 0 Å². The van der Waals surface area contributed by atoms with Crippen LogP contribution in [0.1, 0.15) is 60.8 Å². The number of halogens is 1. The molecule has 9 N–H and O–H groups in total. The highest BCUT2D eigenvalue weighted by Gasteiger charge is 2.40. The van der Waals surface area contributed by atoms with Gasteiger partial charge in [0.15, 0.2) is 0 Å². The van der Waals surface area contributed by atoms with Gasteiger partial charge in [-0.05, 0) is 81.0 Å². The van der Waals surface area contributed by atoms with E-state index in [2.05, 4.69) is 87.3 Å². The Bertz CT molecular complexity index is 697. The first-order valence-corrected chi connectivity index (χ1v) is 13.4. The summed E-state index contributed by atoms with van der Waals surface area (Å²) < 4.78 is 0. The number of allylic oxidation sites excluding steroid dienone is 3. The second kappa shape index (κ2) is 18.5. The maximum Gasteiger partial charge on any atom is 0.0516 e. The van der Waals surface area contributed by atoms with Crippen molar-refractivity contribution in [3.63, 3.8) is 0 Å². The normalized spacial score (nSPS) is 27.5. The standard InChI is InChI=1S/C28H48ClN3.CH4.4H2O/c1-21(2)27(30-17-22-8-7-9-23(16-22)18-31(5)6)19-32-15-14-26(28(3,4)20-32)24-10-12-25(29)13-11-24;;;;;/h7,9-10,12,16,21-22,24-27,30H,8,11,13-15,17-20H2,1-6H3;1H4;4*1H2/t22?,24?,25?,26?,27-;;;;;/m0...../s1. The summed E-state index contributed by atoms with van der Waals surface area (Å²) in [7, 11) is 4.30. The van der Waals surface area contributed by atoms with Gasteiger partial charge in [-0.25, -0.2) is 0 Å². The van der Waals surface area contributed by atoms with Gasteiger partial charge in [-0.15, -0.1) is 11.6 Å². The summed E-state index contributed by atoms with van der Waals surface area (Å²) in [6.45, 7) is 15.4. The number of nitrogens with zero attached hydrogens (tertiary/aromatic N) is 2. The minimum Gasteiger partial charge on any atom is -0.412 e. The molecule has 2 aliphatic carbocycles. The Labute approximate surface area is 232 Å². The SMILES string of the molecule is C.CC(C)[C@H](CN1CCC(C2C=CC(Cl)CC2)C(C)(C)C1)NCC1C=C(CN(C)C)C=CC1.O.O.O.O. The molecule has 0 aromatic heterocycles. The van der Waals surface area contributed by atoms with Gasteiger partial charge in [0.1, 0.15) is 0 Å². The van der Waals surface area contributed by atoms with Gasteiger partial charge in [0.25, 0.3) is 0 Å². The second-order valence-corrected chi connectivity index (χ2v) is 12.5. The average Bonchev–Trinajstić information content (AvgIpc) is 2.71. The predicted molar refractivity (Wildman–Crippen MR) is 162 cm³/mol. The third kappa shape index (κ3) is 12.3. The zero-order chi connectivity index (χ0) is 23.3. The highest BCUT2D eigenvalue weighted by atomic mass is 35.5. The molecule has 222 valence electrons. The molecular formula is C29H60ClN3O4. The Balaban J connectivity index is -0.00000231. The van der Waals surface area contributed by atoms with Crippen molar-refractivity contribution in [1.82, 2.24) is 15.1 Å². The fourth-order valence-corrected chi connectivity index (χ4v) is 6.31. The summed E-state index contributed by atoms with van der Waals surface area (Å²) in [6, 6.07) is 0.547. The lowest BCUT2D eigenvalue weighted by Crippen LogP contribution is -2.53. The summed E-state index contributed by atoms with van der Waals surface area (Å²) in [5.74, 6) is 2.74. The van der Waals surface area contributed by atoms with E-state index in [1.54, 1.807) is 0 Å². The van der Waals surface area contributed by atoms with E-state index < -0.39 is 0 Å². The van der Waals surface area contributed by atoms with Crippen molar-refractivity contribution in [2.75, 3.05) is 46.8 Å². The molecule has 8 heteroatoms. The fourth-order valence-electron chi connectivity index (χ4n) is 6.10. The predicted octanol–water partition coefficient (Wildman–Crippen LogP) is 2.92. The molecule has 0 aromatic rings. The first kappa shape index (κ1) is 40.7. The Kier molecular flexibility index (Phi) is 20.4. The van der Waals surface area contributed by atoms with Crippen LogP contribution in [0.15, 0.2) is 36.0 Å². The van der Waals surface area contributed by atoms with Gasteiger partial charge >= 0.3 is 0 Å². The molecule has 0 aromatic carbocycles. The van der Waals surface area contributed by atoms with Gasteiger partial charge in [-0.3, -0.25) is 0 Å². The van der Waals surface area contributed by atoms with Gasteiger partial charge in [0.05, 0.1) is 5.38 Å². The lowest BCUT2D eigenvalue weighted by Gasteiger charge is -2.48. The molecule has 1 heterocycles. The molecular weight excluding hydrogens is 490 g/mol. The molecule has 0 saturated carbocycles. The zero-order valence-electron chi connectivity index (χ0n) is 23.5. The highest BCUT2D eigenvalue weighted by Crippen LogP contribution is 2.43. The number of likely N-dealkylation sites (tertiary alicyclic amines) is 1. The van der Waals surface area contributed by atoms with Gasteiger partial charge in [-0.1, -0.05) is 65.5 Å². The molecule has 1 aliphatic heterocycles. The van der Waals surface area contributed by atoms with Crippen molar-refractivity contribution in [3.05, 3.63) is 36.0 Å². The summed E-state index contributed by atoms with van der Waals surface area (Å²) in [5, 5.41) is 4.21. The quantitative estimate of drug-likeness (QED) is 0.348. The molecule has 7 nitrogen and oxygen atoms in total. The van der Waals surface area contributed by atoms with Crippen molar-refractivity contribution in [2.45, 2.75) is 72.2 Å². The summed E-state index contributed by atoms with van der Waals surface area (Å²) in [6.07, 6.45) is 16.7. The van der Waals surface area contributed by atoms with E-state index in [0.717, 1.165) is 38.4 Å². The van der Waals surface area contributed by atoms with Crippen LogP contribution in [0.5, 0.6) is 0 Å². The van der Waals surface area contributed by atoms with Crippen molar-refractivity contribution in [2.24, 2.45) is 29.1 Å². The molecule has 0 bridgehead atoms. The van der Waals surface area contributed by atoms with Crippen LogP contribution in [0.4, 0.5) is 0 Å². The van der Waals surface area contributed by atoms with E-state index in [1.165, 1.54) is 31.5 Å². The first-order valence-electron chi connectivity index (χ1n) is 12.9. The maximum atomic E-state index is 6.31. The summed E-state index contributed by atoms with van der Waals surface area (Å²) in [4.78, 5) is 4.99. The van der Waals surface area contributed by atoms with Crippen LogP contribution in [0.3, 0.4) is 0 Å². The van der Waals surface area contributed by atoms with Crippen LogP contribution in [0.2, 0.25) is 0 Å². The molecule has 1 fully saturated rings. The Morgan fingerprint density at radius 2 is 1.76 bits per heavy atom. The lowest BCUT2D eigenvalue weighted by atomic mass is 9.65. The number of nitrogens with one attached hydrogen (secondary N) is 1. The lowest BCUT2D eigenvalue weighted by molar-refractivity contribution is 0.0219. The second-order valence-electron chi connectivity index (χ2n) is 11.9. The number of hydrogen-bond acceptors (Lipinski definition) is 3.